The lowest BCUT2D eigenvalue weighted by molar-refractivity contribution is -0.0102. The summed E-state index contributed by atoms with van der Waals surface area (Å²) in [6.45, 7) is 2.51. The molecule has 3 aromatic rings. The Morgan fingerprint density at radius 3 is 2.68 bits per heavy atom. The highest BCUT2D eigenvalue weighted by Gasteiger charge is 2.44. The molecule has 8 nitrogen and oxygen atoms in total. The minimum atomic E-state index is -2.70. The van der Waals surface area contributed by atoms with Crippen LogP contribution in [-0.2, 0) is 13.1 Å². The van der Waals surface area contributed by atoms with Gasteiger partial charge in [0.15, 0.2) is 0 Å². The second-order valence-corrected chi connectivity index (χ2v) is 13.1. The molecule has 1 saturated heterocycles. The Morgan fingerprint density at radius 2 is 1.93 bits per heavy atom. The number of benzene rings is 2. The van der Waals surface area contributed by atoms with Crippen molar-refractivity contribution in [2.75, 3.05) is 45.2 Å². The molecule has 1 aliphatic carbocycles. The fourth-order valence-electron chi connectivity index (χ4n) is 6.08. The predicted molar refractivity (Wildman–Crippen MR) is 161 cm³/mol. The average molecular weight is 678 g/mol. The molecule has 0 radical (unpaired) electrons. The van der Waals surface area contributed by atoms with Gasteiger partial charge in [-0.25, -0.2) is 8.78 Å². The number of carbonyl (C=O) groups is 1. The van der Waals surface area contributed by atoms with Crippen LogP contribution < -0.4 is 9.64 Å². The normalized spacial score (nSPS) is 19.4. The molecule has 2 aromatic carbocycles. The molecule has 1 amide bonds. The van der Waals surface area contributed by atoms with E-state index < -0.39 is 5.92 Å². The number of fused-ring (bicyclic) bond motifs is 2. The molecule has 41 heavy (non-hydrogen) atoms. The molecule has 2 fully saturated rings. The Bertz CT molecular complexity index is 1500. The van der Waals surface area contributed by atoms with E-state index in [2.05, 4.69) is 27.5 Å². The number of carbonyl (C=O) groups excluding carboxylic acids is 1. The molecule has 0 unspecified atom stereocenters. The lowest BCUT2D eigenvalue weighted by Crippen LogP contribution is -2.30. The molecule has 6 rings (SSSR count). The largest absolute Gasteiger partial charge is 0.508 e. The van der Waals surface area contributed by atoms with Crippen LogP contribution in [0.25, 0.3) is 10.8 Å². The van der Waals surface area contributed by atoms with Gasteiger partial charge in [0.2, 0.25) is 5.92 Å². The molecule has 1 aromatic heterocycles. The molecule has 11 heteroatoms. The third-order valence-corrected chi connectivity index (χ3v) is 9.20. The Kier molecular flexibility index (Phi) is 7.46. The van der Waals surface area contributed by atoms with Crippen molar-refractivity contribution >= 4 is 45.1 Å². The van der Waals surface area contributed by atoms with Gasteiger partial charge in [-0.05, 0) is 79.5 Å². The third kappa shape index (κ3) is 5.93. The van der Waals surface area contributed by atoms with Crippen molar-refractivity contribution in [3.05, 3.63) is 50.7 Å². The van der Waals surface area contributed by atoms with Crippen LogP contribution in [0.2, 0.25) is 0 Å². The molecule has 1 N–H and O–H groups in total. The number of hydrogen-bond donors (Lipinski definition) is 1. The maximum absolute atomic E-state index is 14.3. The summed E-state index contributed by atoms with van der Waals surface area (Å²) < 4.78 is 35.6. The number of ether oxygens (including phenoxy) is 1. The highest BCUT2D eigenvalue weighted by molar-refractivity contribution is 14.1. The predicted octanol–water partition coefficient (Wildman–Crippen LogP) is 5.44. The molecule has 3 aliphatic rings. The van der Waals surface area contributed by atoms with Gasteiger partial charge in [0.1, 0.15) is 11.6 Å². The van der Waals surface area contributed by atoms with E-state index in [0.717, 1.165) is 39.3 Å². The minimum absolute atomic E-state index is 0.0213. The molecule has 1 saturated carbocycles. The van der Waals surface area contributed by atoms with Crippen LogP contribution in [0.1, 0.15) is 53.7 Å². The first-order valence-electron chi connectivity index (χ1n) is 14.0. The zero-order chi connectivity index (χ0) is 28.9. The second kappa shape index (κ2) is 10.8. The van der Waals surface area contributed by atoms with Gasteiger partial charge < -0.3 is 24.5 Å². The Morgan fingerprint density at radius 1 is 1.12 bits per heavy atom. The van der Waals surface area contributed by atoms with Gasteiger partial charge in [0, 0.05) is 52.4 Å². The fourth-order valence-corrected chi connectivity index (χ4v) is 6.89. The van der Waals surface area contributed by atoms with Gasteiger partial charge in [-0.3, -0.25) is 4.79 Å². The van der Waals surface area contributed by atoms with Crippen molar-refractivity contribution in [3.63, 3.8) is 0 Å². The number of hydrogen-bond acceptors (Lipinski definition) is 7. The number of alkyl halides is 2. The van der Waals surface area contributed by atoms with E-state index in [4.69, 9.17) is 14.7 Å². The number of anilines is 1. The van der Waals surface area contributed by atoms with Crippen LogP contribution in [0.15, 0.2) is 30.3 Å². The van der Waals surface area contributed by atoms with Gasteiger partial charge in [-0.15, -0.1) is 0 Å². The van der Waals surface area contributed by atoms with Gasteiger partial charge >= 0.3 is 6.01 Å². The van der Waals surface area contributed by atoms with Crippen molar-refractivity contribution in [1.29, 1.82) is 0 Å². The number of rotatable bonds is 7. The molecule has 0 atom stereocenters. The molecular formula is C30H34F2IN5O3. The number of phenolic OH excluding ortho intramolecular Hbond substituents is 1. The van der Waals surface area contributed by atoms with E-state index in [1.165, 1.54) is 6.07 Å². The third-order valence-electron chi connectivity index (χ3n) is 8.30. The topological polar surface area (TPSA) is 82.0 Å². The monoisotopic (exact) mass is 677 g/mol. The summed E-state index contributed by atoms with van der Waals surface area (Å²) in [7, 11) is 4.09. The van der Waals surface area contributed by atoms with Crippen molar-refractivity contribution in [1.82, 2.24) is 19.8 Å². The smallest absolute Gasteiger partial charge is 0.318 e. The average Bonchev–Trinajstić information content (AvgIpc) is 3.57. The van der Waals surface area contributed by atoms with Gasteiger partial charge in [0.05, 0.1) is 31.0 Å². The van der Waals surface area contributed by atoms with Crippen molar-refractivity contribution < 1.29 is 23.4 Å². The first-order valence-corrected chi connectivity index (χ1v) is 15.1. The lowest BCUT2D eigenvalue weighted by Gasteiger charge is -2.25. The molecule has 3 heterocycles. The van der Waals surface area contributed by atoms with Gasteiger partial charge in [-0.1, -0.05) is 12.1 Å². The van der Waals surface area contributed by atoms with Gasteiger partial charge in [0.25, 0.3) is 5.91 Å². The SMILES string of the molecule is CN(C)CC1(COc2nc3c(c(N4CCCC(F)(F)CC4)n2)CN(C(=O)c2cc(O)cc4cccc(I)c24)C3)CC1. The Labute approximate surface area is 251 Å². The van der Waals surface area contributed by atoms with Crippen LogP contribution in [0.5, 0.6) is 11.8 Å². The highest BCUT2D eigenvalue weighted by atomic mass is 127. The van der Waals surface area contributed by atoms with Crippen molar-refractivity contribution in [2.24, 2.45) is 5.41 Å². The maximum Gasteiger partial charge on any atom is 0.318 e. The number of phenols is 1. The maximum atomic E-state index is 14.3. The molecular weight excluding hydrogens is 643 g/mol. The first kappa shape index (κ1) is 28.3. The van der Waals surface area contributed by atoms with Crippen LogP contribution in [0.4, 0.5) is 14.6 Å². The Hall–Kier alpha value is -2.80. The standard InChI is InChI=1S/C30H34F2IN5O3/c1-36(2)17-29(8-9-29)18-41-28-34-24-16-38(15-22(24)26(35-28)37-11-4-7-30(31,32)10-12-37)27(40)21-14-20(39)13-19-5-3-6-23(33)25(19)21/h3,5-6,13-14,39H,4,7-12,15-18H2,1-2H3. The van der Waals surface area contributed by atoms with Crippen molar-refractivity contribution in [3.8, 4) is 11.8 Å². The minimum Gasteiger partial charge on any atom is -0.508 e. The van der Waals surface area contributed by atoms with Crippen molar-refractivity contribution in [2.45, 2.75) is 51.1 Å². The number of aromatic nitrogens is 2. The first-order chi connectivity index (χ1) is 19.5. The quantitative estimate of drug-likeness (QED) is 0.334. The van der Waals surface area contributed by atoms with Crippen LogP contribution in [0.3, 0.4) is 0 Å². The summed E-state index contributed by atoms with van der Waals surface area (Å²) in [5.74, 6) is -2.34. The molecule has 0 spiro atoms. The van der Waals surface area contributed by atoms with Crippen LogP contribution >= 0.6 is 22.6 Å². The summed E-state index contributed by atoms with van der Waals surface area (Å²) in [6, 6.07) is 9.08. The Balaban J connectivity index is 1.32. The van der Waals surface area contributed by atoms with E-state index in [0.29, 0.717) is 36.6 Å². The lowest BCUT2D eigenvalue weighted by atomic mass is 10.0. The highest BCUT2D eigenvalue weighted by Crippen LogP contribution is 2.46. The second-order valence-electron chi connectivity index (χ2n) is 12.0. The van der Waals surface area contributed by atoms with E-state index >= 15 is 0 Å². The number of nitrogens with zero attached hydrogens (tertiary/aromatic N) is 5. The summed E-state index contributed by atoms with van der Waals surface area (Å²) in [4.78, 5) is 29.2. The van der Waals surface area contributed by atoms with E-state index in [9.17, 15) is 18.7 Å². The summed E-state index contributed by atoms with van der Waals surface area (Å²) >= 11 is 2.20. The zero-order valence-corrected chi connectivity index (χ0v) is 25.5. The molecule has 0 bridgehead atoms. The number of halogens is 3. The van der Waals surface area contributed by atoms with E-state index in [1.54, 1.807) is 11.0 Å². The van der Waals surface area contributed by atoms with Crippen LogP contribution in [-0.4, -0.2) is 77.0 Å². The molecule has 218 valence electrons. The zero-order valence-electron chi connectivity index (χ0n) is 23.3. The molecule has 2 aliphatic heterocycles. The number of aromatic hydroxyl groups is 1. The summed E-state index contributed by atoms with van der Waals surface area (Å²) in [5, 5.41) is 12.0. The fraction of sp³-hybridized carbons (Fsp3) is 0.500. The van der Waals surface area contributed by atoms with Crippen LogP contribution in [0, 0.1) is 8.99 Å². The summed E-state index contributed by atoms with van der Waals surface area (Å²) in [5.41, 5.74) is 1.93. The van der Waals surface area contributed by atoms with Gasteiger partial charge in [-0.2, -0.15) is 9.97 Å². The van der Waals surface area contributed by atoms with E-state index in [1.807, 2.05) is 37.2 Å². The number of amides is 1. The summed E-state index contributed by atoms with van der Waals surface area (Å²) in [6.07, 6.45) is 2.10. The van der Waals surface area contributed by atoms with E-state index in [-0.39, 0.29) is 55.6 Å².